The van der Waals surface area contributed by atoms with Crippen LogP contribution in [-0.2, 0) is 0 Å². The topological polar surface area (TPSA) is 68.7 Å². The molecule has 2 saturated heterocycles. The van der Waals surface area contributed by atoms with Gasteiger partial charge in [0.1, 0.15) is 5.82 Å². The van der Waals surface area contributed by atoms with Crippen LogP contribution in [0.5, 0.6) is 0 Å². The molecule has 1 aromatic heterocycles. The smallest absolute Gasteiger partial charge is 0.276 e. The van der Waals surface area contributed by atoms with E-state index >= 15 is 0 Å². The molecule has 6 nitrogen and oxygen atoms in total. The van der Waals surface area contributed by atoms with E-state index in [1.807, 2.05) is 6.07 Å². The van der Waals surface area contributed by atoms with E-state index in [4.69, 9.17) is 5.21 Å². The number of nitrogens with one attached hydrogen (secondary N) is 1. The molecule has 1 amide bonds. The molecule has 19 heavy (non-hydrogen) atoms. The van der Waals surface area contributed by atoms with Crippen LogP contribution in [0, 0.1) is 0 Å². The average Bonchev–Trinajstić information content (AvgIpc) is 3.06. The SMILES string of the molecule is CCN1C[C@@H]2C[C@H]1CN2c1ccc(C(=O)NO)cn1. The van der Waals surface area contributed by atoms with Crippen molar-refractivity contribution in [3.8, 4) is 0 Å². The number of hydrogen-bond acceptors (Lipinski definition) is 5. The van der Waals surface area contributed by atoms with Crippen LogP contribution in [0.3, 0.4) is 0 Å². The van der Waals surface area contributed by atoms with E-state index in [2.05, 4.69) is 21.7 Å². The second kappa shape index (κ2) is 4.79. The highest BCUT2D eigenvalue weighted by Crippen LogP contribution is 2.33. The van der Waals surface area contributed by atoms with Gasteiger partial charge in [0.05, 0.1) is 5.56 Å². The number of likely N-dealkylation sites (tertiary alicyclic amines) is 1. The summed E-state index contributed by atoms with van der Waals surface area (Å²) >= 11 is 0. The highest BCUT2D eigenvalue weighted by atomic mass is 16.5. The minimum Gasteiger partial charge on any atom is -0.351 e. The predicted molar refractivity (Wildman–Crippen MR) is 70.3 cm³/mol. The number of aromatic nitrogens is 1. The Hall–Kier alpha value is -1.66. The predicted octanol–water partition coefficient (Wildman–Crippen LogP) is 0.483. The van der Waals surface area contributed by atoms with E-state index in [1.54, 1.807) is 11.5 Å². The molecule has 0 radical (unpaired) electrons. The number of anilines is 1. The molecule has 0 unspecified atom stereocenters. The number of nitrogens with zero attached hydrogens (tertiary/aromatic N) is 3. The molecule has 0 saturated carbocycles. The molecule has 0 aromatic carbocycles. The lowest BCUT2D eigenvalue weighted by Gasteiger charge is -2.34. The van der Waals surface area contributed by atoms with Gasteiger partial charge in [-0.05, 0) is 25.1 Å². The summed E-state index contributed by atoms with van der Waals surface area (Å²) in [5, 5.41) is 8.57. The molecule has 0 spiro atoms. The van der Waals surface area contributed by atoms with Crippen molar-refractivity contribution in [2.45, 2.75) is 25.4 Å². The molecule has 3 rings (SSSR count). The standard InChI is InChI=1S/C13H18N4O2/c1-2-16-7-11-5-10(16)8-17(11)12-4-3-9(6-14-12)13(18)15-19/h3-4,6,10-11,19H,2,5,7-8H2,1H3,(H,15,18)/t10-,11-/m0/s1. The van der Waals surface area contributed by atoms with Gasteiger partial charge in [-0.15, -0.1) is 0 Å². The van der Waals surface area contributed by atoms with Gasteiger partial charge in [0.15, 0.2) is 0 Å². The molecular weight excluding hydrogens is 244 g/mol. The first-order valence-corrected chi connectivity index (χ1v) is 6.64. The van der Waals surface area contributed by atoms with Crippen LogP contribution >= 0.6 is 0 Å². The Morgan fingerprint density at radius 2 is 2.32 bits per heavy atom. The molecule has 2 atom stereocenters. The maximum atomic E-state index is 11.2. The lowest BCUT2D eigenvalue weighted by atomic mass is 10.2. The van der Waals surface area contributed by atoms with Crippen LogP contribution in [0.15, 0.2) is 18.3 Å². The molecule has 2 N–H and O–H groups in total. The molecule has 1 aromatic rings. The third-order valence-electron chi connectivity index (χ3n) is 4.17. The highest BCUT2D eigenvalue weighted by molar-refractivity contribution is 5.93. The zero-order valence-corrected chi connectivity index (χ0v) is 10.9. The van der Waals surface area contributed by atoms with Crippen molar-refractivity contribution in [2.24, 2.45) is 0 Å². The number of likely N-dealkylation sites (N-methyl/N-ethyl adjacent to an activating group) is 1. The molecular formula is C13H18N4O2. The maximum absolute atomic E-state index is 11.2. The number of hydroxylamine groups is 1. The Balaban J connectivity index is 1.73. The number of piperazine rings is 1. The first kappa shape index (κ1) is 12.4. The summed E-state index contributed by atoms with van der Waals surface area (Å²) in [6.07, 6.45) is 2.71. The van der Waals surface area contributed by atoms with Crippen LogP contribution in [0.4, 0.5) is 5.82 Å². The largest absolute Gasteiger partial charge is 0.351 e. The van der Waals surface area contributed by atoms with Crippen molar-refractivity contribution < 1.29 is 10.0 Å². The molecule has 2 aliphatic heterocycles. The van der Waals surface area contributed by atoms with E-state index in [0.717, 1.165) is 25.5 Å². The normalized spacial score (nSPS) is 25.9. The summed E-state index contributed by atoms with van der Waals surface area (Å²) in [6, 6.07) is 4.71. The molecule has 6 heteroatoms. The van der Waals surface area contributed by atoms with Gasteiger partial charge >= 0.3 is 0 Å². The Labute approximate surface area is 112 Å². The van der Waals surface area contributed by atoms with E-state index in [9.17, 15) is 4.79 Å². The summed E-state index contributed by atoms with van der Waals surface area (Å²) in [7, 11) is 0. The van der Waals surface area contributed by atoms with Gasteiger partial charge in [-0.25, -0.2) is 10.5 Å². The summed E-state index contributed by atoms with van der Waals surface area (Å²) in [6.45, 7) is 5.42. The zero-order valence-electron chi connectivity index (χ0n) is 10.9. The Morgan fingerprint density at radius 3 is 2.84 bits per heavy atom. The minimum absolute atomic E-state index is 0.366. The third-order valence-corrected chi connectivity index (χ3v) is 4.17. The van der Waals surface area contributed by atoms with Gasteiger partial charge in [-0.2, -0.15) is 0 Å². The van der Waals surface area contributed by atoms with Gasteiger partial charge in [0, 0.05) is 31.4 Å². The fourth-order valence-electron chi connectivity index (χ4n) is 3.17. The van der Waals surface area contributed by atoms with Crippen LogP contribution in [0.25, 0.3) is 0 Å². The number of carbonyl (C=O) groups is 1. The monoisotopic (exact) mass is 262 g/mol. The first-order chi connectivity index (χ1) is 9.22. The van der Waals surface area contributed by atoms with Crippen LogP contribution in [0.1, 0.15) is 23.7 Å². The number of amides is 1. The van der Waals surface area contributed by atoms with Gasteiger partial charge in [0.25, 0.3) is 5.91 Å². The molecule has 102 valence electrons. The van der Waals surface area contributed by atoms with Gasteiger partial charge in [-0.1, -0.05) is 6.92 Å². The van der Waals surface area contributed by atoms with Crippen molar-refractivity contribution in [3.05, 3.63) is 23.9 Å². The number of rotatable bonds is 3. The van der Waals surface area contributed by atoms with Crippen molar-refractivity contribution in [2.75, 3.05) is 24.5 Å². The quantitative estimate of drug-likeness (QED) is 0.612. The van der Waals surface area contributed by atoms with Crippen molar-refractivity contribution in [3.63, 3.8) is 0 Å². The lowest BCUT2D eigenvalue weighted by molar-refractivity contribution is 0.0706. The summed E-state index contributed by atoms with van der Waals surface area (Å²) < 4.78 is 0. The van der Waals surface area contributed by atoms with E-state index in [0.29, 0.717) is 17.6 Å². The van der Waals surface area contributed by atoms with Crippen molar-refractivity contribution in [1.29, 1.82) is 0 Å². The number of hydrogen-bond donors (Lipinski definition) is 2. The van der Waals surface area contributed by atoms with Crippen molar-refractivity contribution >= 4 is 11.7 Å². The van der Waals surface area contributed by atoms with E-state index in [1.165, 1.54) is 12.6 Å². The summed E-state index contributed by atoms with van der Waals surface area (Å²) in [5.41, 5.74) is 1.98. The Kier molecular flexibility index (Phi) is 3.12. The lowest BCUT2D eigenvalue weighted by Crippen LogP contribution is -2.46. The molecule has 2 aliphatic rings. The Morgan fingerprint density at radius 1 is 1.47 bits per heavy atom. The second-order valence-corrected chi connectivity index (χ2v) is 5.13. The third kappa shape index (κ3) is 2.06. The maximum Gasteiger partial charge on any atom is 0.276 e. The van der Waals surface area contributed by atoms with Gasteiger partial charge in [0.2, 0.25) is 0 Å². The average molecular weight is 262 g/mol. The molecule has 2 fully saturated rings. The number of pyridine rings is 1. The second-order valence-electron chi connectivity index (χ2n) is 5.13. The van der Waals surface area contributed by atoms with E-state index in [-0.39, 0.29) is 0 Å². The molecule has 2 bridgehead atoms. The summed E-state index contributed by atoms with van der Waals surface area (Å²) in [5.74, 6) is 0.386. The van der Waals surface area contributed by atoms with Gasteiger partial charge in [-0.3, -0.25) is 14.9 Å². The fraction of sp³-hybridized carbons (Fsp3) is 0.538. The van der Waals surface area contributed by atoms with E-state index < -0.39 is 5.91 Å². The molecule has 0 aliphatic carbocycles. The van der Waals surface area contributed by atoms with Crippen LogP contribution < -0.4 is 10.4 Å². The molecule has 3 heterocycles. The Bertz CT molecular complexity index is 476. The highest BCUT2D eigenvalue weighted by Gasteiger charge is 2.42. The minimum atomic E-state index is -0.529. The fourth-order valence-corrected chi connectivity index (χ4v) is 3.17. The summed E-state index contributed by atoms with van der Waals surface area (Å²) in [4.78, 5) is 20.4. The number of fused-ring (bicyclic) bond motifs is 2. The van der Waals surface area contributed by atoms with Crippen LogP contribution in [0.2, 0.25) is 0 Å². The first-order valence-electron chi connectivity index (χ1n) is 6.64. The van der Waals surface area contributed by atoms with Crippen LogP contribution in [-0.4, -0.2) is 52.7 Å². The number of carbonyl (C=O) groups excluding carboxylic acids is 1. The zero-order chi connectivity index (χ0) is 13.4. The van der Waals surface area contributed by atoms with Gasteiger partial charge < -0.3 is 4.90 Å². The van der Waals surface area contributed by atoms with Crippen molar-refractivity contribution in [1.82, 2.24) is 15.4 Å².